The Morgan fingerprint density at radius 2 is 2.14 bits per heavy atom. The Balaban J connectivity index is 1.75. The average Bonchev–Trinajstić information content (AvgIpc) is 3.28. The Morgan fingerprint density at radius 1 is 1.32 bits per heavy atom. The molecule has 3 heterocycles. The second-order valence-electron chi connectivity index (χ2n) is 7.29. The zero-order chi connectivity index (χ0) is 19.8. The number of phenolic OH excluding ortho intramolecular Hbond substituents is 1. The summed E-state index contributed by atoms with van der Waals surface area (Å²) < 4.78 is 7.41. The summed E-state index contributed by atoms with van der Waals surface area (Å²) in [6.45, 7) is 8.93. The molecule has 0 amide bonds. The third-order valence-corrected chi connectivity index (χ3v) is 5.74. The number of aromatic amines is 1. The van der Waals surface area contributed by atoms with Crippen LogP contribution in [0.15, 0.2) is 24.5 Å². The predicted octanol–water partition coefficient (Wildman–Crippen LogP) is 3.10. The van der Waals surface area contributed by atoms with Gasteiger partial charge in [0, 0.05) is 43.0 Å². The van der Waals surface area contributed by atoms with E-state index in [0.717, 1.165) is 43.0 Å². The number of ether oxygens (including phenoxy) is 1. The molecular weight excluding hydrogens is 354 g/mol. The highest BCUT2D eigenvalue weighted by Gasteiger charge is 2.32. The highest BCUT2D eigenvalue weighted by molar-refractivity contribution is 5.45. The molecule has 0 saturated carbocycles. The molecule has 1 aliphatic heterocycles. The summed E-state index contributed by atoms with van der Waals surface area (Å²) in [5, 5.41) is 14.7. The fourth-order valence-electron chi connectivity index (χ4n) is 4.20. The van der Waals surface area contributed by atoms with Crippen LogP contribution in [0.4, 0.5) is 0 Å². The number of imidazole rings is 1. The number of nitrogens with one attached hydrogen (secondary N) is 1. The Morgan fingerprint density at radius 3 is 2.86 bits per heavy atom. The van der Waals surface area contributed by atoms with Crippen LogP contribution in [0.25, 0.3) is 0 Å². The largest absolute Gasteiger partial charge is 0.504 e. The van der Waals surface area contributed by atoms with Gasteiger partial charge in [0.2, 0.25) is 0 Å². The molecule has 2 N–H and O–H groups in total. The molecule has 4 rings (SSSR count). The van der Waals surface area contributed by atoms with E-state index in [-0.39, 0.29) is 11.8 Å². The topological polar surface area (TPSA) is 79.2 Å². The van der Waals surface area contributed by atoms with E-state index in [2.05, 4.69) is 45.4 Å². The van der Waals surface area contributed by atoms with E-state index >= 15 is 0 Å². The number of hydrogen-bond donors (Lipinski definition) is 2. The van der Waals surface area contributed by atoms with Crippen molar-refractivity contribution in [3.8, 4) is 11.5 Å². The summed E-state index contributed by atoms with van der Waals surface area (Å²) in [7, 11) is 1.57. The van der Waals surface area contributed by atoms with Crippen LogP contribution in [0.5, 0.6) is 11.5 Å². The van der Waals surface area contributed by atoms with Crippen LogP contribution < -0.4 is 4.74 Å². The maximum atomic E-state index is 10.0. The van der Waals surface area contributed by atoms with E-state index in [1.54, 1.807) is 19.5 Å². The van der Waals surface area contributed by atoms with Crippen molar-refractivity contribution >= 4 is 0 Å². The lowest BCUT2D eigenvalue weighted by atomic mass is 9.94. The summed E-state index contributed by atoms with van der Waals surface area (Å²) >= 11 is 0. The van der Waals surface area contributed by atoms with Gasteiger partial charge in [0.05, 0.1) is 30.9 Å². The van der Waals surface area contributed by atoms with Gasteiger partial charge < -0.3 is 14.8 Å². The third kappa shape index (κ3) is 3.05. The Labute approximate surface area is 165 Å². The molecule has 1 atom stereocenters. The second-order valence-corrected chi connectivity index (χ2v) is 7.29. The molecule has 0 radical (unpaired) electrons. The zero-order valence-corrected chi connectivity index (χ0v) is 16.9. The second kappa shape index (κ2) is 7.31. The van der Waals surface area contributed by atoms with Crippen molar-refractivity contribution in [1.82, 2.24) is 24.6 Å². The van der Waals surface area contributed by atoms with Gasteiger partial charge in [0.15, 0.2) is 11.5 Å². The van der Waals surface area contributed by atoms with Crippen LogP contribution in [0.1, 0.15) is 46.9 Å². The van der Waals surface area contributed by atoms with Gasteiger partial charge >= 0.3 is 0 Å². The molecule has 7 nitrogen and oxygen atoms in total. The lowest BCUT2D eigenvalue weighted by Gasteiger charge is -2.35. The van der Waals surface area contributed by atoms with Crippen molar-refractivity contribution in [2.45, 2.75) is 46.3 Å². The smallest absolute Gasteiger partial charge is 0.160 e. The van der Waals surface area contributed by atoms with Gasteiger partial charge in [0.25, 0.3) is 0 Å². The molecule has 1 unspecified atom stereocenters. The molecular formula is C21H27N5O2. The van der Waals surface area contributed by atoms with Crippen LogP contribution >= 0.6 is 0 Å². The number of phenols is 1. The van der Waals surface area contributed by atoms with Gasteiger partial charge in [-0.1, -0.05) is 6.07 Å². The van der Waals surface area contributed by atoms with Crippen molar-refractivity contribution in [1.29, 1.82) is 0 Å². The lowest BCUT2D eigenvalue weighted by Crippen LogP contribution is -2.36. The van der Waals surface area contributed by atoms with Gasteiger partial charge in [0.1, 0.15) is 0 Å². The van der Waals surface area contributed by atoms with Crippen molar-refractivity contribution in [2.75, 3.05) is 13.7 Å². The highest BCUT2D eigenvalue weighted by atomic mass is 16.5. The number of fused-ring (bicyclic) bond motifs is 1. The molecule has 1 aliphatic rings. The summed E-state index contributed by atoms with van der Waals surface area (Å²) in [5.41, 5.74) is 6.84. The molecule has 0 fully saturated rings. The molecule has 148 valence electrons. The third-order valence-electron chi connectivity index (χ3n) is 5.74. The quantitative estimate of drug-likeness (QED) is 0.710. The van der Waals surface area contributed by atoms with Crippen molar-refractivity contribution in [2.24, 2.45) is 0 Å². The first-order valence-corrected chi connectivity index (χ1v) is 9.69. The molecule has 7 heteroatoms. The minimum atomic E-state index is -0.00623. The number of hydrogen-bond acceptors (Lipinski definition) is 5. The van der Waals surface area contributed by atoms with Crippen LogP contribution in [-0.2, 0) is 19.5 Å². The minimum Gasteiger partial charge on any atom is -0.504 e. The van der Waals surface area contributed by atoms with E-state index in [1.807, 2.05) is 12.1 Å². The zero-order valence-electron chi connectivity index (χ0n) is 16.9. The van der Waals surface area contributed by atoms with Gasteiger partial charge in [-0.25, -0.2) is 4.98 Å². The van der Waals surface area contributed by atoms with Crippen molar-refractivity contribution in [3.63, 3.8) is 0 Å². The molecule has 0 saturated heterocycles. The normalized spacial score (nSPS) is 16.9. The summed E-state index contributed by atoms with van der Waals surface area (Å²) in [4.78, 5) is 10.3. The SMILES string of the molecule is CCn1nc(C)c(CN2CCc3[nH]cnc3C2c2ccc(O)c(OC)c2)c1C. The minimum absolute atomic E-state index is 0.00623. The van der Waals surface area contributed by atoms with Gasteiger partial charge in [-0.15, -0.1) is 0 Å². The number of benzene rings is 1. The Hall–Kier alpha value is -2.80. The number of aromatic hydroxyl groups is 1. The summed E-state index contributed by atoms with van der Waals surface area (Å²) in [5.74, 6) is 0.623. The number of nitrogens with zero attached hydrogens (tertiary/aromatic N) is 4. The molecule has 0 aliphatic carbocycles. The first-order valence-electron chi connectivity index (χ1n) is 9.69. The van der Waals surface area contributed by atoms with E-state index in [9.17, 15) is 5.11 Å². The molecule has 1 aromatic carbocycles. The van der Waals surface area contributed by atoms with E-state index in [4.69, 9.17) is 4.74 Å². The van der Waals surface area contributed by atoms with E-state index in [0.29, 0.717) is 5.75 Å². The standard InChI is InChI=1S/C21H27N5O2/c1-5-26-14(3)16(13(2)24-26)11-25-9-8-17-20(23-12-22-17)21(25)15-6-7-18(27)19(10-15)28-4/h6-7,10,12,21,27H,5,8-9,11H2,1-4H3,(H,22,23). The van der Waals surface area contributed by atoms with E-state index < -0.39 is 0 Å². The predicted molar refractivity (Wildman–Crippen MR) is 107 cm³/mol. The van der Waals surface area contributed by atoms with Gasteiger partial charge in [-0.05, 0) is 38.5 Å². The van der Waals surface area contributed by atoms with Gasteiger partial charge in [-0.2, -0.15) is 5.10 Å². The maximum Gasteiger partial charge on any atom is 0.160 e. The first-order chi connectivity index (χ1) is 13.5. The first kappa shape index (κ1) is 18.6. The fourth-order valence-corrected chi connectivity index (χ4v) is 4.20. The van der Waals surface area contributed by atoms with Crippen molar-refractivity contribution < 1.29 is 9.84 Å². The lowest BCUT2D eigenvalue weighted by molar-refractivity contribution is 0.199. The molecule has 0 bridgehead atoms. The molecule has 28 heavy (non-hydrogen) atoms. The van der Waals surface area contributed by atoms with Crippen molar-refractivity contribution in [3.05, 3.63) is 58.4 Å². The number of H-pyrrole nitrogens is 1. The van der Waals surface area contributed by atoms with Crippen LogP contribution in [-0.4, -0.2) is 43.4 Å². The Kier molecular flexibility index (Phi) is 4.85. The number of methoxy groups -OCH3 is 1. The van der Waals surface area contributed by atoms with Gasteiger partial charge in [-0.3, -0.25) is 9.58 Å². The van der Waals surface area contributed by atoms with E-state index in [1.165, 1.54) is 17.0 Å². The number of aryl methyl sites for hydroxylation is 2. The number of rotatable bonds is 5. The molecule has 3 aromatic rings. The number of aromatic nitrogens is 4. The van der Waals surface area contributed by atoms with Crippen LogP contribution in [0.2, 0.25) is 0 Å². The van der Waals surface area contributed by atoms with Crippen LogP contribution in [0.3, 0.4) is 0 Å². The Bertz CT molecular complexity index is 991. The molecule has 0 spiro atoms. The highest BCUT2D eigenvalue weighted by Crippen LogP contribution is 2.38. The summed E-state index contributed by atoms with van der Waals surface area (Å²) in [6, 6.07) is 5.55. The average molecular weight is 381 g/mol. The molecule has 2 aromatic heterocycles. The maximum absolute atomic E-state index is 10.0. The monoisotopic (exact) mass is 381 g/mol. The fraction of sp³-hybridized carbons (Fsp3) is 0.429. The summed E-state index contributed by atoms with van der Waals surface area (Å²) in [6.07, 6.45) is 2.70. The van der Waals surface area contributed by atoms with Crippen LogP contribution in [0, 0.1) is 13.8 Å².